The van der Waals surface area contributed by atoms with Gasteiger partial charge in [-0.15, -0.1) is 11.3 Å². The minimum Gasteiger partial charge on any atom is -0.346 e. The quantitative estimate of drug-likeness (QED) is 0.719. The summed E-state index contributed by atoms with van der Waals surface area (Å²) >= 11 is 1.58. The Hall–Kier alpha value is -0.940. The van der Waals surface area contributed by atoms with E-state index in [1.165, 1.54) is 0 Å². The van der Waals surface area contributed by atoms with Gasteiger partial charge in [0.1, 0.15) is 0 Å². The van der Waals surface area contributed by atoms with E-state index >= 15 is 0 Å². The van der Waals surface area contributed by atoms with E-state index in [-0.39, 0.29) is 18.0 Å². The number of thiazole rings is 1. The zero-order chi connectivity index (χ0) is 10.1. The van der Waals surface area contributed by atoms with Crippen molar-refractivity contribution in [3.05, 3.63) is 16.1 Å². The summed E-state index contributed by atoms with van der Waals surface area (Å²) in [5.74, 6) is 0.0716. The number of aryl methyl sites for hydroxylation is 1. The van der Waals surface area contributed by atoms with Gasteiger partial charge in [-0.2, -0.15) is 0 Å². The second-order valence-corrected chi connectivity index (χ2v) is 4.60. The van der Waals surface area contributed by atoms with Gasteiger partial charge in [-0.3, -0.25) is 4.79 Å². The second kappa shape index (κ2) is 3.67. The minimum atomic E-state index is -0.0961. The van der Waals surface area contributed by atoms with Crippen molar-refractivity contribution >= 4 is 17.2 Å². The predicted molar refractivity (Wildman–Crippen MR) is 54.9 cm³/mol. The van der Waals surface area contributed by atoms with Crippen LogP contribution < -0.4 is 11.1 Å². The number of piperidine rings is 1. The molecule has 76 valence electrons. The van der Waals surface area contributed by atoms with Crippen molar-refractivity contribution in [2.45, 2.75) is 31.8 Å². The van der Waals surface area contributed by atoms with E-state index in [9.17, 15) is 4.79 Å². The molecule has 4 nitrogen and oxygen atoms in total. The Morgan fingerprint density at radius 1 is 1.71 bits per heavy atom. The molecule has 0 bridgehead atoms. The highest BCUT2D eigenvalue weighted by molar-refractivity contribution is 7.09. The second-order valence-electron chi connectivity index (χ2n) is 3.54. The lowest BCUT2D eigenvalue weighted by Gasteiger charge is -2.28. The molecule has 0 radical (unpaired) electrons. The van der Waals surface area contributed by atoms with Crippen molar-refractivity contribution in [1.29, 1.82) is 0 Å². The van der Waals surface area contributed by atoms with E-state index < -0.39 is 0 Å². The van der Waals surface area contributed by atoms with Crippen LogP contribution in [0, 0.1) is 6.92 Å². The molecule has 1 aromatic rings. The molecule has 14 heavy (non-hydrogen) atoms. The summed E-state index contributed by atoms with van der Waals surface area (Å²) in [6.45, 7) is 1.95. The molecule has 1 aromatic heterocycles. The third-order valence-corrected chi connectivity index (χ3v) is 3.20. The van der Waals surface area contributed by atoms with Gasteiger partial charge in [-0.25, -0.2) is 4.98 Å². The number of hydrogen-bond acceptors (Lipinski definition) is 4. The Kier molecular flexibility index (Phi) is 2.52. The molecule has 0 aromatic carbocycles. The maximum atomic E-state index is 11.2. The van der Waals surface area contributed by atoms with Crippen molar-refractivity contribution in [3.63, 3.8) is 0 Å². The Bertz CT molecular complexity index is 350. The Balaban J connectivity index is 2.19. The first-order valence-electron chi connectivity index (χ1n) is 4.64. The zero-order valence-corrected chi connectivity index (χ0v) is 8.80. The van der Waals surface area contributed by atoms with E-state index in [1.807, 2.05) is 12.3 Å². The van der Waals surface area contributed by atoms with Gasteiger partial charge in [-0.05, 0) is 13.3 Å². The average Bonchev–Trinajstić information content (AvgIpc) is 2.56. The molecule has 2 atom stereocenters. The average molecular weight is 211 g/mol. The van der Waals surface area contributed by atoms with Crippen LogP contribution in [-0.2, 0) is 4.79 Å². The first kappa shape index (κ1) is 9.61. The van der Waals surface area contributed by atoms with Crippen molar-refractivity contribution < 1.29 is 4.79 Å². The van der Waals surface area contributed by atoms with Crippen molar-refractivity contribution in [1.82, 2.24) is 10.3 Å². The number of aromatic nitrogens is 1. The van der Waals surface area contributed by atoms with Gasteiger partial charge in [0.15, 0.2) is 0 Å². The highest BCUT2D eigenvalue weighted by Crippen LogP contribution is 2.23. The third kappa shape index (κ3) is 1.78. The molecule has 5 heteroatoms. The van der Waals surface area contributed by atoms with Gasteiger partial charge in [0.25, 0.3) is 0 Å². The van der Waals surface area contributed by atoms with Gasteiger partial charge in [0.05, 0.1) is 16.7 Å². The number of hydrogen-bond donors (Lipinski definition) is 2. The number of nitrogens with two attached hydrogens (primary N) is 1. The molecular formula is C9H13N3OS. The normalized spacial score (nSPS) is 27.4. The number of rotatable bonds is 1. The van der Waals surface area contributed by atoms with Crippen LogP contribution >= 0.6 is 11.3 Å². The van der Waals surface area contributed by atoms with Crippen molar-refractivity contribution in [2.24, 2.45) is 5.73 Å². The predicted octanol–water partition coefficient (Wildman–Crippen LogP) is 0.730. The number of carbonyl (C=O) groups is 1. The van der Waals surface area contributed by atoms with E-state index in [1.54, 1.807) is 11.3 Å². The van der Waals surface area contributed by atoms with Crippen LogP contribution in [-0.4, -0.2) is 16.9 Å². The lowest BCUT2D eigenvalue weighted by molar-refractivity contribution is -0.123. The molecule has 0 spiro atoms. The molecule has 0 aliphatic carbocycles. The Morgan fingerprint density at radius 3 is 3.14 bits per heavy atom. The van der Waals surface area contributed by atoms with Crippen LogP contribution in [0.3, 0.4) is 0 Å². The summed E-state index contributed by atoms with van der Waals surface area (Å²) in [5.41, 5.74) is 6.83. The molecule has 2 rings (SSSR count). The molecule has 1 saturated heterocycles. The van der Waals surface area contributed by atoms with Crippen LogP contribution in [0.25, 0.3) is 0 Å². The fraction of sp³-hybridized carbons (Fsp3) is 0.556. The number of nitrogens with zero attached hydrogens (tertiary/aromatic N) is 1. The van der Waals surface area contributed by atoms with Crippen LogP contribution in [0.4, 0.5) is 0 Å². The topological polar surface area (TPSA) is 68.0 Å². The van der Waals surface area contributed by atoms with Gasteiger partial charge in [0.2, 0.25) is 5.91 Å². The number of carbonyl (C=O) groups excluding carboxylic acids is 1. The van der Waals surface area contributed by atoms with E-state index in [2.05, 4.69) is 10.3 Å². The highest BCUT2D eigenvalue weighted by Gasteiger charge is 2.28. The molecule has 1 aliphatic rings. The van der Waals surface area contributed by atoms with Crippen LogP contribution in [0.2, 0.25) is 0 Å². The van der Waals surface area contributed by atoms with Crippen molar-refractivity contribution in [3.8, 4) is 0 Å². The summed E-state index contributed by atoms with van der Waals surface area (Å²) < 4.78 is 0. The molecule has 2 heterocycles. The molecule has 2 unspecified atom stereocenters. The third-order valence-electron chi connectivity index (χ3n) is 2.40. The van der Waals surface area contributed by atoms with Crippen molar-refractivity contribution in [2.75, 3.05) is 0 Å². The van der Waals surface area contributed by atoms with Gasteiger partial charge < -0.3 is 11.1 Å². The maximum Gasteiger partial charge on any atom is 0.220 e. The van der Waals surface area contributed by atoms with E-state index in [0.29, 0.717) is 6.42 Å². The minimum absolute atomic E-state index is 0.00537. The SMILES string of the molecule is Cc1nc(C2NC(=O)CCC2N)cs1. The van der Waals surface area contributed by atoms with Crippen LogP contribution in [0.5, 0.6) is 0 Å². The molecule has 0 saturated carbocycles. The Labute approximate surface area is 86.5 Å². The standard InChI is InChI=1S/C9H13N3OS/c1-5-11-7(4-14-5)9-6(10)2-3-8(13)12-9/h4,6,9H,2-3,10H2,1H3,(H,12,13). The van der Waals surface area contributed by atoms with E-state index in [4.69, 9.17) is 5.73 Å². The summed E-state index contributed by atoms with van der Waals surface area (Å²) in [5, 5.41) is 5.85. The summed E-state index contributed by atoms with van der Waals surface area (Å²) in [4.78, 5) is 15.6. The molecule has 3 N–H and O–H groups in total. The summed E-state index contributed by atoms with van der Waals surface area (Å²) in [6, 6.07) is -0.101. The highest BCUT2D eigenvalue weighted by atomic mass is 32.1. The van der Waals surface area contributed by atoms with Crippen LogP contribution in [0.15, 0.2) is 5.38 Å². The smallest absolute Gasteiger partial charge is 0.220 e. The molecular weight excluding hydrogens is 198 g/mol. The summed E-state index contributed by atoms with van der Waals surface area (Å²) in [6.07, 6.45) is 1.27. The fourth-order valence-corrected chi connectivity index (χ4v) is 2.28. The first-order valence-corrected chi connectivity index (χ1v) is 5.52. The van der Waals surface area contributed by atoms with Gasteiger partial charge in [-0.1, -0.05) is 0 Å². The Morgan fingerprint density at radius 2 is 2.50 bits per heavy atom. The summed E-state index contributed by atoms with van der Waals surface area (Å²) in [7, 11) is 0. The van der Waals surface area contributed by atoms with Crippen LogP contribution in [0.1, 0.15) is 29.6 Å². The van der Waals surface area contributed by atoms with Gasteiger partial charge >= 0.3 is 0 Å². The maximum absolute atomic E-state index is 11.2. The largest absolute Gasteiger partial charge is 0.346 e. The molecule has 1 fully saturated rings. The lowest BCUT2D eigenvalue weighted by Crippen LogP contribution is -2.45. The first-order chi connectivity index (χ1) is 6.66. The van der Waals surface area contributed by atoms with E-state index in [0.717, 1.165) is 17.1 Å². The lowest BCUT2D eigenvalue weighted by atomic mass is 9.97. The number of amides is 1. The molecule has 1 aliphatic heterocycles. The number of nitrogens with one attached hydrogen (secondary N) is 1. The zero-order valence-electron chi connectivity index (χ0n) is 7.99. The monoisotopic (exact) mass is 211 g/mol. The fourth-order valence-electron chi connectivity index (χ4n) is 1.63. The van der Waals surface area contributed by atoms with Gasteiger partial charge in [0, 0.05) is 17.8 Å². The molecule has 1 amide bonds.